The fourth-order valence-corrected chi connectivity index (χ4v) is 9.06. The van der Waals surface area contributed by atoms with Gasteiger partial charge in [0, 0.05) is 42.2 Å². The zero-order valence-corrected chi connectivity index (χ0v) is 25.1. The standard InChI is InChI=1S/C35H32F3N5O3/c1-2-25-28(37)5-4-18-8-22(44)13-26(29(18)25)31-30(38)32-27(15-39-31)33(43-20-9-23-11-21(43)12-24(10-20)46-23)41-34(40-32)45-17-35-6-3-7-42(35)16-19(36)14-35/h1,4-5,8,13,15,19-21,23-24,44H,3,6-7,9-12,14,16-17H2/t19-,20?,21?,23?,24?,35+/m1/s1. The number of rotatable bonds is 5. The van der Waals surface area contributed by atoms with Crippen LogP contribution in [0.15, 0.2) is 30.5 Å². The van der Waals surface area contributed by atoms with Crippen LogP contribution in [0.25, 0.3) is 32.9 Å². The number of aromatic nitrogens is 3. The fraction of sp³-hybridized carbons (Fsp3) is 0.457. The summed E-state index contributed by atoms with van der Waals surface area (Å²) in [6, 6.07) is 5.85. The summed E-state index contributed by atoms with van der Waals surface area (Å²) in [6.07, 6.45) is 12.3. The first-order chi connectivity index (χ1) is 22.3. The maximum Gasteiger partial charge on any atom is 0.319 e. The van der Waals surface area contributed by atoms with E-state index < -0.39 is 23.3 Å². The van der Waals surface area contributed by atoms with Crippen LogP contribution in [0.4, 0.5) is 19.0 Å². The Bertz CT molecular complexity index is 1940. The number of piperidine rings is 2. The number of phenolic OH excluding ortho intramolecular Hbond substituents is 1. The van der Waals surface area contributed by atoms with Gasteiger partial charge in [0.15, 0.2) is 5.82 Å². The summed E-state index contributed by atoms with van der Waals surface area (Å²) in [4.78, 5) is 18.5. The number of alkyl halides is 1. The Morgan fingerprint density at radius 2 is 1.89 bits per heavy atom. The molecule has 236 valence electrons. The van der Waals surface area contributed by atoms with Crippen molar-refractivity contribution in [3.05, 3.63) is 47.7 Å². The van der Waals surface area contributed by atoms with Gasteiger partial charge in [-0.2, -0.15) is 9.97 Å². The molecule has 8 nitrogen and oxygen atoms in total. The third-order valence-corrected chi connectivity index (χ3v) is 10.9. The molecule has 1 N–H and O–H groups in total. The lowest BCUT2D eigenvalue weighted by Crippen LogP contribution is -2.62. The van der Waals surface area contributed by atoms with E-state index in [4.69, 9.17) is 20.9 Å². The van der Waals surface area contributed by atoms with Gasteiger partial charge in [0.1, 0.15) is 41.4 Å². The number of halogens is 3. The number of pyridine rings is 1. The van der Waals surface area contributed by atoms with Crippen molar-refractivity contribution in [1.82, 2.24) is 19.9 Å². The third kappa shape index (κ3) is 4.19. The summed E-state index contributed by atoms with van der Waals surface area (Å²) in [5.74, 6) is 1.40. The average Bonchev–Trinajstić information content (AvgIpc) is 3.55. The Balaban J connectivity index is 1.21. The van der Waals surface area contributed by atoms with Crippen molar-refractivity contribution in [3.8, 4) is 35.4 Å². The lowest BCUT2D eigenvalue weighted by molar-refractivity contribution is -0.120. The molecule has 2 atom stereocenters. The highest BCUT2D eigenvalue weighted by Crippen LogP contribution is 2.47. The normalized spacial score (nSPS) is 30.0. The highest BCUT2D eigenvalue weighted by atomic mass is 19.1. The van der Waals surface area contributed by atoms with E-state index in [2.05, 4.69) is 25.7 Å². The third-order valence-electron chi connectivity index (χ3n) is 10.9. The lowest BCUT2D eigenvalue weighted by Gasteiger charge is -2.56. The molecule has 4 bridgehead atoms. The van der Waals surface area contributed by atoms with Crippen LogP contribution in [0, 0.1) is 24.0 Å². The van der Waals surface area contributed by atoms with Crippen molar-refractivity contribution in [1.29, 1.82) is 0 Å². The first kappa shape index (κ1) is 28.1. The van der Waals surface area contributed by atoms with Crippen LogP contribution >= 0.6 is 0 Å². The van der Waals surface area contributed by atoms with E-state index in [1.165, 1.54) is 24.3 Å². The summed E-state index contributed by atoms with van der Waals surface area (Å²) in [5, 5.41) is 11.7. The predicted molar refractivity (Wildman–Crippen MR) is 166 cm³/mol. The molecule has 0 amide bonds. The summed E-state index contributed by atoms with van der Waals surface area (Å²) in [7, 11) is 0. The van der Waals surface area contributed by atoms with Crippen LogP contribution in [0.3, 0.4) is 0 Å². The monoisotopic (exact) mass is 627 g/mol. The fourth-order valence-electron chi connectivity index (χ4n) is 9.06. The van der Waals surface area contributed by atoms with Gasteiger partial charge in [0.25, 0.3) is 0 Å². The lowest BCUT2D eigenvalue weighted by atomic mass is 9.78. The van der Waals surface area contributed by atoms with E-state index in [1.807, 2.05) is 0 Å². The number of anilines is 1. The highest BCUT2D eigenvalue weighted by molar-refractivity contribution is 6.03. The molecule has 0 spiro atoms. The second-order valence-electron chi connectivity index (χ2n) is 13.6. The van der Waals surface area contributed by atoms with Gasteiger partial charge in [0.05, 0.1) is 28.7 Å². The van der Waals surface area contributed by atoms with E-state index >= 15 is 4.39 Å². The minimum atomic E-state index is -0.917. The highest BCUT2D eigenvalue weighted by Gasteiger charge is 2.50. The molecule has 0 aliphatic carbocycles. The second kappa shape index (κ2) is 10.2. The Hall–Kier alpha value is -4.14. The zero-order chi connectivity index (χ0) is 31.3. The van der Waals surface area contributed by atoms with E-state index in [-0.39, 0.29) is 70.4 Å². The second-order valence-corrected chi connectivity index (χ2v) is 13.6. The molecule has 0 unspecified atom stereocenters. The molecule has 0 saturated carbocycles. The van der Waals surface area contributed by atoms with Crippen LogP contribution in [0.5, 0.6) is 11.8 Å². The molecule has 6 saturated heterocycles. The van der Waals surface area contributed by atoms with Gasteiger partial charge in [-0.05, 0) is 68.7 Å². The van der Waals surface area contributed by atoms with Gasteiger partial charge in [0.2, 0.25) is 0 Å². The number of phenols is 1. The number of hydrogen-bond acceptors (Lipinski definition) is 8. The molecule has 4 aromatic rings. The number of aromatic hydroxyl groups is 1. The van der Waals surface area contributed by atoms with Gasteiger partial charge in [-0.3, -0.25) is 9.88 Å². The molecule has 8 heterocycles. The Morgan fingerprint density at radius 1 is 1.11 bits per heavy atom. The number of benzene rings is 2. The maximum absolute atomic E-state index is 16.9. The van der Waals surface area contributed by atoms with Gasteiger partial charge in [-0.25, -0.2) is 13.2 Å². The first-order valence-corrected chi connectivity index (χ1v) is 16.0. The molecule has 6 fully saturated rings. The van der Waals surface area contributed by atoms with E-state index in [0.717, 1.165) is 45.1 Å². The topological polar surface area (TPSA) is 83.8 Å². The minimum Gasteiger partial charge on any atom is -0.508 e. The zero-order valence-electron chi connectivity index (χ0n) is 25.1. The van der Waals surface area contributed by atoms with E-state index in [0.29, 0.717) is 29.6 Å². The smallest absolute Gasteiger partial charge is 0.319 e. The molecular weight excluding hydrogens is 595 g/mol. The molecule has 10 rings (SSSR count). The van der Waals surface area contributed by atoms with Crippen LogP contribution in [-0.2, 0) is 4.74 Å². The van der Waals surface area contributed by atoms with Crippen molar-refractivity contribution in [2.45, 2.75) is 80.9 Å². The van der Waals surface area contributed by atoms with Crippen LogP contribution < -0.4 is 9.64 Å². The Morgan fingerprint density at radius 3 is 2.65 bits per heavy atom. The molecular formula is C35H32F3N5O3. The van der Waals surface area contributed by atoms with Crippen molar-refractivity contribution in [2.24, 2.45) is 0 Å². The average molecular weight is 628 g/mol. The van der Waals surface area contributed by atoms with Gasteiger partial charge >= 0.3 is 6.01 Å². The molecule has 2 aromatic heterocycles. The Kier molecular flexibility index (Phi) is 6.22. The molecule has 6 aliphatic heterocycles. The summed E-state index contributed by atoms with van der Waals surface area (Å²) < 4.78 is 58.7. The number of ether oxygens (including phenoxy) is 2. The number of terminal acetylenes is 1. The van der Waals surface area contributed by atoms with Gasteiger partial charge < -0.3 is 19.5 Å². The largest absolute Gasteiger partial charge is 0.508 e. The summed E-state index contributed by atoms with van der Waals surface area (Å²) in [5.41, 5.74) is -0.462. The summed E-state index contributed by atoms with van der Waals surface area (Å²) >= 11 is 0. The van der Waals surface area contributed by atoms with Crippen molar-refractivity contribution >= 4 is 27.5 Å². The molecule has 6 aliphatic rings. The first-order valence-electron chi connectivity index (χ1n) is 16.0. The predicted octanol–water partition coefficient (Wildman–Crippen LogP) is 5.66. The molecule has 46 heavy (non-hydrogen) atoms. The Labute approximate surface area is 263 Å². The molecule has 0 radical (unpaired) electrons. The SMILES string of the molecule is C#Cc1c(F)ccc2cc(O)cc(-c3ncc4c(N5C6CC7CC5CC(C6)O7)nc(OC[C@@]56CCCN5C[C@H](F)C6)nc4c3F)c12. The maximum atomic E-state index is 16.9. The molecule has 11 heteroatoms. The number of fused-ring (bicyclic) bond motifs is 3. The van der Waals surface area contributed by atoms with Crippen molar-refractivity contribution < 1.29 is 27.8 Å². The van der Waals surface area contributed by atoms with E-state index in [9.17, 15) is 13.9 Å². The number of hydrogen-bond donors (Lipinski definition) is 1. The minimum absolute atomic E-state index is 0.000720. The van der Waals surface area contributed by atoms with Gasteiger partial charge in [-0.1, -0.05) is 12.0 Å². The molecule has 2 aromatic carbocycles. The van der Waals surface area contributed by atoms with Crippen molar-refractivity contribution in [3.63, 3.8) is 0 Å². The van der Waals surface area contributed by atoms with Crippen LogP contribution in [-0.4, -0.2) is 80.7 Å². The van der Waals surface area contributed by atoms with Crippen LogP contribution in [0.1, 0.15) is 50.5 Å². The van der Waals surface area contributed by atoms with Crippen molar-refractivity contribution in [2.75, 3.05) is 24.6 Å². The van der Waals surface area contributed by atoms with Gasteiger partial charge in [-0.15, -0.1) is 6.42 Å². The number of nitrogens with zero attached hydrogens (tertiary/aromatic N) is 5. The quantitative estimate of drug-likeness (QED) is 0.284. The van der Waals surface area contributed by atoms with E-state index in [1.54, 1.807) is 6.20 Å². The van der Waals surface area contributed by atoms with Crippen LogP contribution in [0.2, 0.25) is 0 Å². The summed E-state index contributed by atoms with van der Waals surface area (Å²) in [6.45, 7) is 1.40.